The first-order valence-corrected chi connectivity index (χ1v) is 9.25. The molecule has 4 nitrogen and oxygen atoms in total. The number of hydrogen-bond acceptors (Lipinski definition) is 3. The molecule has 1 aromatic rings. The molecular weight excluding hydrogens is 286 g/mol. The highest BCUT2D eigenvalue weighted by Gasteiger charge is 2.25. The minimum atomic E-state index is -2.87. The summed E-state index contributed by atoms with van der Waals surface area (Å²) in [6.45, 7) is 4.10. The van der Waals surface area contributed by atoms with Crippen LogP contribution in [0.2, 0.25) is 0 Å². The molecule has 0 spiro atoms. The van der Waals surface area contributed by atoms with Gasteiger partial charge >= 0.3 is 0 Å². The molecule has 0 aliphatic carbocycles. The maximum absolute atomic E-state index is 12.1. The van der Waals surface area contributed by atoms with Gasteiger partial charge in [0.05, 0.1) is 11.5 Å². The number of sulfone groups is 1. The van der Waals surface area contributed by atoms with E-state index in [0.29, 0.717) is 19.3 Å². The second kappa shape index (κ2) is 6.60. The Labute approximate surface area is 126 Å². The molecule has 1 saturated heterocycles. The van der Waals surface area contributed by atoms with E-state index in [2.05, 4.69) is 24.4 Å². The number of aryl methyl sites for hydroxylation is 1. The quantitative estimate of drug-likeness (QED) is 0.927. The van der Waals surface area contributed by atoms with E-state index in [4.69, 9.17) is 0 Å². The first kappa shape index (κ1) is 16.0. The van der Waals surface area contributed by atoms with Crippen LogP contribution in [0.4, 0.5) is 0 Å². The second-order valence-corrected chi connectivity index (χ2v) is 8.26. The molecule has 1 heterocycles. The number of hydrogen-bond donors (Lipinski definition) is 1. The average molecular weight is 309 g/mol. The van der Waals surface area contributed by atoms with Crippen molar-refractivity contribution >= 4 is 15.7 Å². The third kappa shape index (κ3) is 4.56. The zero-order chi connectivity index (χ0) is 15.5. The van der Waals surface area contributed by atoms with Crippen LogP contribution in [-0.2, 0) is 14.6 Å². The monoisotopic (exact) mass is 309 g/mol. The average Bonchev–Trinajstić information content (AvgIpc) is 2.41. The standard InChI is InChI=1S/C16H23NO3S/c1-12-5-3-4-6-15(12)13(2)11-16(18)17-14-7-9-21(19,20)10-8-14/h3-6,13-14H,7-11H2,1-2H3,(H,17,18). The lowest BCUT2D eigenvalue weighted by molar-refractivity contribution is -0.122. The van der Waals surface area contributed by atoms with Gasteiger partial charge in [-0.1, -0.05) is 31.2 Å². The molecule has 1 aliphatic rings. The van der Waals surface area contributed by atoms with E-state index >= 15 is 0 Å². The van der Waals surface area contributed by atoms with Gasteiger partial charge in [-0.05, 0) is 36.8 Å². The maximum Gasteiger partial charge on any atom is 0.220 e. The van der Waals surface area contributed by atoms with E-state index in [-0.39, 0.29) is 29.4 Å². The molecule has 1 atom stereocenters. The molecule has 1 N–H and O–H groups in total. The zero-order valence-corrected chi connectivity index (χ0v) is 13.4. The number of carbonyl (C=O) groups is 1. The normalized spacial score (nSPS) is 19.9. The Morgan fingerprint density at radius 3 is 2.52 bits per heavy atom. The molecule has 0 aromatic heterocycles. The van der Waals surface area contributed by atoms with Crippen molar-refractivity contribution in [3.63, 3.8) is 0 Å². The topological polar surface area (TPSA) is 63.2 Å². The van der Waals surface area contributed by atoms with Crippen LogP contribution in [0.5, 0.6) is 0 Å². The molecular formula is C16H23NO3S. The summed E-state index contributed by atoms with van der Waals surface area (Å²) in [5, 5.41) is 2.97. The van der Waals surface area contributed by atoms with Crippen LogP contribution in [0, 0.1) is 6.92 Å². The van der Waals surface area contributed by atoms with Crippen LogP contribution >= 0.6 is 0 Å². The van der Waals surface area contributed by atoms with Crippen LogP contribution in [0.3, 0.4) is 0 Å². The lowest BCUT2D eigenvalue weighted by atomic mass is 9.93. The molecule has 1 unspecified atom stereocenters. The van der Waals surface area contributed by atoms with Gasteiger partial charge in [-0.25, -0.2) is 8.42 Å². The molecule has 0 bridgehead atoms. The van der Waals surface area contributed by atoms with Crippen LogP contribution in [0.25, 0.3) is 0 Å². The second-order valence-electron chi connectivity index (χ2n) is 5.96. The Balaban J connectivity index is 1.86. The summed E-state index contributed by atoms with van der Waals surface area (Å²) in [7, 11) is -2.87. The summed E-state index contributed by atoms with van der Waals surface area (Å²) in [6.07, 6.45) is 1.51. The molecule has 116 valence electrons. The SMILES string of the molecule is Cc1ccccc1C(C)CC(=O)NC1CCS(=O)(=O)CC1. The van der Waals surface area contributed by atoms with E-state index in [0.717, 1.165) is 0 Å². The van der Waals surface area contributed by atoms with Crippen LogP contribution < -0.4 is 5.32 Å². The van der Waals surface area contributed by atoms with Crippen LogP contribution in [-0.4, -0.2) is 31.9 Å². The predicted molar refractivity (Wildman–Crippen MR) is 84.0 cm³/mol. The molecule has 1 aliphatic heterocycles. The van der Waals surface area contributed by atoms with E-state index in [1.807, 2.05) is 19.1 Å². The fourth-order valence-corrected chi connectivity index (χ4v) is 4.34. The van der Waals surface area contributed by atoms with Crippen molar-refractivity contribution in [2.24, 2.45) is 0 Å². The molecule has 21 heavy (non-hydrogen) atoms. The summed E-state index contributed by atoms with van der Waals surface area (Å²) in [5.74, 6) is 0.546. The van der Waals surface area contributed by atoms with Gasteiger partial charge in [0.25, 0.3) is 0 Å². The number of carbonyl (C=O) groups excluding carboxylic acids is 1. The van der Waals surface area contributed by atoms with Crippen molar-refractivity contribution < 1.29 is 13.2 Å². The Morgan fingerprint density at radius 1 is 1.29 bits per heavy atom. The Bertz CT molecular complexity index is 596. The number of rotatable bonds is 4. The fourth-order valence-electron chi connectivity index (χ4n) is 2.85. The molecule has 5 heteroatoms. The molecule has 1 fully saturated rings. The Morgan fingerprint density at radius 2 is 1.90 bits per heavy atom. The fraction of sp³-hybridized carbons (Fsp3) is 0.562. The van der Waals surface area contributed by atoms with Crippen molar-refractivity contribution in [1.82, 2.24) is 5.32 Å². The van der Waals surface area contributed by atoms with Gasteiger partial charge in [-0.3, -0.25) is 4.79 Å². The highest BCUT2D eigenvalue weighted by atomic mass is 32.2. The summed E-state index contributed by atoms with van der Waals surface area (Å²) >= 11 is 0. The molecule has 1 aromatic carbocycles. The van der Waals surface area contributed by atoms with Gasteiger partial charge in [0.2, 0.25) is 5.91 Å². The zero-order valence-electron chi connectivity index (χ0n) is 12.6. The first-order chi connectivity index (χ1) is 9.87. The summed E-state index contributed by atoms with van der Waals surface area (Å²) < 4.78 is 22.7. The number of amides is 1. The van der Waals surface area contributed by atoms with Crippen molar-refractivity contribution in [2.75, 3.05) is 11.5 Å². The lowest BCUT2D eigenvalue weighted by Crippen LogP contribution is -2.41. The van der Waals surface area contributed by atoms with Gasteiger partial charge in [0, 0.05) is 12.5 Å². The van der Waals surface area contributed by atoms with Crippen molar-refractivity contribution in [2.45, 2.75) is 45.1 Å². The van der Waals surface area contributed by atoms with Gasteiger partial charge in [0.1, 0.15) is 9.84 Å². The molecule has 2 rings (SSSR count). The highest BCUT2D eigenvalue weighted by Crippen LogP contribution is 2.22. The van der Waals surface area contributed by atoms with Gasteiger partial charge in [-0.2, -0.15) is 0 Å². The van der Waals surface area contributed by atoms with E-state index in [1.54, 1.807) is 0 Å². The van der Waals surface area contributed by atoms with Crippen LogP contribution in [0.15, 0.2) is 24.3 Å². The van der Waals surface area contributed by atoms with Crippen molar-refractivity contribution in [3.05, 3.63) is 35.4 Å². The van der Waals surface area contributed by atoms with Gasteiger partial charge < -0.3 is 5.32 Å². The minimum absolute atomic E-state index is 0.00472. The van der Waals surface area contributed by atoms with Crippen molar-refractivity contribution in [3.8, 4) is 0 Å². The van der Waals surface area contributed by atoms with Gasteiger partial charge in [-0.15, -0.1) is 0 Å². The Kier molecular flexibility index (Phi) is 5.04. The molecule has 0 saturated carbocycles. The van der Waals surface area contributed by atoms with E-state index in [9.17, 15) is 13.2 Å². The molecule has 1 amide bonds. The van der Waals surface area contributed by atoms with Crippen molar-refractivity contribution in [1.29, 1.82) is 0 Å². The lowest BCUT2D eigenvalue weighted by Gasteiger charge is -2.24. The minimum Gasteiger partial charge on any atom is -0.353 e. The summed E-state index contributed by atoms with van der Waals surface area (Å²) in [5.41, 5.74) is 2.39. The third-order valence-electron chi connectivity index (χ3n) is 4.13. The predicted octanol–water partition coefficient (Wildman–Crippen LogP) is 2.18. The van der Waals surface area contributed by atoms with E-state index < -0.39 is 9.84 Å². The molecule has 0 radical (unpaired) electrons. The highest BCUT2D eigenvalue weighted by molar-refractivity contribution is 7.91. The number of benzene rings is 1. The largest absolute Gasteiger partial charge is 0.353 e. The number of nitrogens with one attached hydrogen (secondary N) is 1. The van der Waals surface area contributed by atoms with Gasteiger partial charge in [0.15, 0.2) is 0 Å². The summed E-state index contributed by atoms with van der Waals surface area (Å²) in [4.78, 5) is 12.1. The summed E-state index contributed by atoms with van der Waals surface area (Å²) in [6, 6.07) is 8.10. The van der Waals surface area contributed by atoms with E-state index in [1.165, 1.54) is 11.1 Å². The third-order valence-corrected chi connectivity index (χ3v) is 5.85. The Hall–Kier alpha value is -1.36. The van der Waals surface area contributed by atoms with Crippen LogP contribution in [0.1, 0.15) is 43.2 Å². The maximum atomic E-state index is 12.1. The smallest absolute Gasteiger partial charge is 0.220 e. The first-order valence-electron chi connectivity index (χ1n) is 7.43.